The van der Waals surface area contributed by atoms with E-state index in [0.29, 0.717) is 53.2 Å². The fraction of sp³-hybridized carbons (Fsp3) is 0.273. The number of halogens is 5. The Morgan fingerprint density at radius 1 is 1.06 bits per heavy atom. The monoisotopic (exact) mass is 483 g/mol. The Morgan fingerprint density at radius 2 is 1.81 bits per heavy atom. The van der Waals surface area contributed by atoms with Crippen LogP contribution in [0.2, 0.25) is 10.0 Å². The Hall–Kier alpha value is -2.55. The number of benzene rings is 2. The molecule has 2 heterocycles. The van der Waals surface area contributed by atoms with Crippen molar-refractivity contribution in [1.29, 1.82) is 0 Å². The van der Waals surface area contributed by atoms with Crippen LogP contribution < -0.4 is 0 Å². The minimum Gasteiger partial charge on any atom is -0.378 e. The van der Waals surface area contributed by atoms with Crippen LogP contribution >= 0.6 is 23.2 Å². The van der Waals surface area contributed by atoms with Crippen LogP contribution in [-0.2, 0) is 22.1 Å². The van der Waals surface area contributed by atoms with Gasteiger partial charge in [0, 0.05) is 30.4 Å². The van der Waals surface area contributed by atoms with Gasteiger partial charge >= 0.3 is 6.18 Å². The second kappa shape index (κ2) is 9.13. The number of alkyl halides is 3. The van der Waals surface area contributed by atoms with E-state index in [1.54, 1.807) is 29.3 Å². The molecule has 0 unspecified atom stereocenters. The van der Waals surface area contributed by atoms with E-state index in [1.807, 2.05) is 0 Å². The van der Waals surface area contributed by atoms with E-state index in [2.05, 4.69) is 5.10 Å². The Labute approximate surface area is 192 Å². The van der Waals surface area contributed by atoms with Crippen LogP contribution in [0.3, 0.4) is 0 Å². The van der Waals surface area contributed by atoms with Gasteiger partial charge in [-0.05, 0) is 30.3 Å². The summed E-state index contributed by atoms with van der Waals surface area (Å²) in [5.41, 5.74) is 1.06. The fourth-order valence-electron chi connectivity index (χ4n) is 3.47. The highest BCUT2D eigenvalue weighted by atomic mass is 35.5. The van der Waals surface area contributed by atoms with Gasteiger partial charge in [0.05, 0.1) is 46.6 Å². The number of aromatic nitrogens is 2. The molecule has 168 valence electrons. The molecular formula is C22H18Cl2F3N3O2. The fourth-order valence-corrected chi connectivity index (χ4v) is 3.77. The van der Waals surface area contributed by atoms with E-state index >= 15 is 0 Å². The van der Waals surface area contributed by atoms with Crippen molar-refractivity contribution in [3.8, 4) is 16.9 Å². The lowest BCUT2D eigenvalue weighted by atomic mass is 10.1. The van der Waals surface area contributed by atoms with Gasteiger partial charge in [-0.1, -0.05) is 35.3 Å². The van der Waals surface area contributed by atoms with Crippen LogP contribution in [0.4, 0.5) is 13.2 Å². The standard InChI is InChI=1S/C22H18Cl2F3N3O2/c23-18-5-4-14(10-19(18)24)21-15(11-20(31)29-6-8-32-9-7-29)13-30(28-21)17-3-1-2-16(12-17)22(25,26)27/h1-5,10,12-13H,6-9,11H2. The van der Waals surface area contributed by atoms with Gasteiger partial charge in [0.1, 0.15) is 0 Å². The number of amides is 1. The zero-order chi connectivity index (χ0) is 22.9. The first kappa shape index (κ1) is 22.6. The summed E-state index contributed by atoms with van der Waals surface area (Å²) in [4.78, 5) is 14.5. The summed E-state index contributed by atoms with van der Waals surface area (Å²) in [5, 5.41) is 5.16. The summed E-state index contributed by atoms with van der Waals surface area (Å²) in [6, 6.07) is 9.78. The maximum absolute atomic E-state index is 13.2. The molecule has 0 spiro atoms. The van der Waals surface area contributed by atoms with Gasteiger partial charge in [-0.3, -0.25) is 4.79 Å². The number of carbonyl (C=O) groups is 1. The summed E-state index contributed by atoms with van der Waals surface area (Å²) in [7, 11) is 0. The molecule has 1 aromatic heterocycles. The van der Waals surface area contributed by atoms with Crippen molar-refractivity contribution >= 4 is 29.1 Å². The molecular weight excluding hydrogens is 466 g/mol. The molecule has 0 N–H and O–H groups in total. The van der Waals surface area contributed by atoms with Crippen molar-refractivity contribution < 1.29 is 22.7 Å². The van der Waals surface area contributed by atoms with E-state index in [9.17, 15) is 18.0 Å². The third-order valence-electron chi connectivity index (χ3n) is 5.13. The van der Waals surface area contributed by atoms with Crippen LogP contribution in [0, 0.1) is 0 Å². The summed E-state index contributed by atoms with van der Waals surface area (Å²) >= 11 is 12.2. The summed E-state index contributed by atoms with van der Waals surface area (Å²) in [6.45, 7) is 1.91. The van der Waals surface area contributed by atoms with Gasteiger partial charge in [0.15, 0.2) is 0 Å². The number of hydrogen-bond donors (Lipinski definition) is 0. The summed E-state index contributed by atoms with van der Waals surface area (Å²) < 4.78 is 46.2. The Kier molecular flexibility index (Phi) is 6.46. The molecule has 2 aromatic carbocycles. The highest BCUT2D eigenvalue weighted by Crippen LogP contribution is 2.33. The van der Waals surface area contributed by atoms with E-state index in [1.165, 1.54) is 16.8 Å². The number of nitrogens with zero attached hydrogens (tertiary/aromatic N) is 3. The van der Waals surface area contributed by atoms with Crippen LogP contribution in [-0.4, -0.2) is 46.9 Å². The Balaban J connectivity index is 1.74. The molecule has 32 heavy (non-hydrogen) atoms. The van der Waals surface area contributed by atoms with E-state index in [4.69, 9.17) is 27.9 Å². The molecule has 0 radical (unpaired) electrons. The van der Waals surface area contributed by atoms with Crippen LogP contribution in [0.1, 0.15) is 11.1 Å². The van der Waals surface area contributed by atoms with Crippen LogP contribution in [0.15, 0.2) is 48.7 Å². The molecule has 0 atom stereocenters. The molecule has 0 aliphatic carbocycles. The summed E-state index contributed by atoms with van der Waals surface area (Å²) in [6.07, 6.45) is -2.87. The third-order valence-corrected chi connectivity index (χ3v) is 5.87. The quantitative estimate of drug-likeness (QED) is 0.508. The van der Waals surface area contributed by atoms with E-state index < -0.39 is 11.7 Å². The molecule has 1 aliphatic heterocycles. The van der Waals surface area contributed by atoms with Gasteiger partial charge in [0.25, 0.3) is 0 Å². The van der Waals surface area contributed by atoms with Crippen molar-refractivity contribution in [2.24, 2.45) is 0 Å². The second-order valence-corrected chi connectivity index (χ2v) is 8.11. The average Bonchev–Trinajstić information content (AvgIpc) is 3.19. The van der Waals surface area contributed by atoms with Crippen molar-refractivity contribution in [1.82, 2.24) is 14.7 Å². The maximum Gasteiger partial charge on any atom is 0.416 e. The van der Waals surface area contributed by atoms with Crippen molar-refractivity contribution in [3.63, 3.8) is 0 Å². The number of ether oxygens (including phenoxy) is 1. The largest absolute Gasteiger partial charge is 0.416 e. The molecule has 3 aromatic rings. The zero-order valence-electron chi connectivity index (χ0n) is 16.7. The predicted octanol–water partition coefficient (Wildman–Crippen LogP) is 5.27. The Morgan fingerprint density at radius 3 is 2.50 bits per heavy atom. The lowest BCUT2D eigenvalue weighted by molar-refractivity contribution is -0.137. The first-order valence-electron chi connectivity index (χ1n) is 9.79. The molecule has 1 fully saturated rings. The molecule has 0 bridgehead atoms. The predicted molar refractivity (Wildman–Crippen MR) is 115 cm³/mol. The lowest BCUT2D eigenvalue weighted by Gasteiger charge is -2.26. The highest BCUT2D eigenvalue weighted by Gasteiger charge is 2.31. The summed E-state index contributed by atoms with van der Waals surface area (Å²) in [5.74, 6) is -0.113. The van der Waals surface area contributed by atoms with E-state index in [0.717, 1.165) is 12.1 Å². The van der Waals surface area contributed by atoms with E-state index in [-0.39, 0.29) is 18.0 Å². The minimum absolute atomic E-state index is 0.0363. The SMILES string of the molecule is O=C(Cc1cn(-c2cccc(C(F)(F)F)c2)nc1-c1ccc(Cl)c(Cl)c1)N1CCOCC1. The van der Waals surface area contributed by atoms with Crippen molar-refractivity contribution in [3.05, 3.63) is 69.8 Å². The second-order valence-electron chi connectivity index (χ2n) is 7.29. The van der Waals surface area contributed by atoms with Crippen LogP contribution in [0.5, 0.6) is 0 Å². The first-order chi connectivity index (χ1) is 15.2. The van der Waals surface area contributed by atoms with Gasteiger partial charge in [-0.25, -0.2) is 4.68 Å². The molecule has 0 saturated carbocycles. The van der Waals surface area contributed by atoms with Crippen molar-refractivity contribution in [2.75, 3.05) is 26.3 Å². The molecule has 5 nitrogen and oxygen atoms in total. The first-order valence-corrected chi connectivity index (χ1v) is 10.5. The van der Waals surface area contributed by atoms with Gasteiger partial charge in [-0.15, -0.1) is 0 Å². The topological polar surface area (TPSA) is 47.4 Å². The highest BCUT2D eigenvalue weighted by molar-refractivity contribution is 6.42. The van der Waals surface area contributed by atoms with Crippen LogP contribution in [0.25, 0.3) is 16.9 Å². The molecule has 10 heteroatoms. The number of rotatable bonds is 4. The van der Waals surface area contributed by atoms with Crippen molar-refractivity contribution in [2.45, 2.75) is 12.6 Å². The lowest BCUT2D eigenvalue weighted by Crippen LogP contribution is -2.41. The zero-order valence-corrected chi connectivity index (χ0v) is 18.2. The normalized spacial score (nSPS) is 14.6. The minimum atomic E-state index is -4.48. The molecule has 1 aliphatic rings. The maximum atomic E-state index is 13.2. The number of hydrogen-bond acceptors (Lipinski definition) is 3. The van der Waals surface area contributed by atoms with Gasteiger partial charge in [0.2, 0.25) is 5.91 Å². The van der Waals surface area contributed by atoms with Gasteiger partial charge < -0.3 is 9.64 Å². The third kappa shape index (κ3) is 4.92. The molecule has 1 saturated heterocycles. The smallest absolute Gasteiger partial charge is 0.378 e. The van der Waals surface area contributed by atoms with Gasteiger partial charge in [-0.2, -0.15) is 18.3 Å². The molecule has 1 amide bonds. The Bertz CT molecular complexity index is 1140. The average molecular weight is 484 g/mol. The molecule has 4 rings (SSSR count). The number of carbonyl (C=O) groups excluding carboxylic acids is 1. The number of morpholine rings is 1.